The average Bonchev–Trinajstić information content (AvgIpc) is 3.37. The van der Waals surface area contributed by atoms with Crippen LogP contribution in [0.4, 0.5) is 0 Å². The molecule has 6 aromatic carbocycles. The second-order valence-electron chi connectivity index (χ2n) is 9.79. The molecule has 0 amide bonds. The first kappa shape index (κ1) is 20.3. The molecule has 176 valence electrons. The van der Waals surface area contributed by atoms with Gasteiger partial charge in [0.2, 0.25) is 0 Å². The van der Waals surface area contributed by atoms with Gasteiger partial charge in [-0.05, 0) is 52.6 Å². The molecule has 4 heteroatoms. The van der Waals surface area contributed by atoms with Crippen molar-refractivity contribution in [2.24, 2.45) is 0 Å². The van der Waals surface area contributed by atoms with Crippen LogP contribution in [0, 0.1) is 0 Å². The monoisotopic (exact) mass is 502 g/mol. The molecule has 9 rings (SSSR count). The van der Waals surface area contributed by atoms with Gasteiger partial charge in [-0.15, -0.1) is 11.3 Å². The number of hydrogen-bond donors (Lipinski definition) is 0. The first-order valence-electron chi connectivity index (χ1n) is 12.7. The van der Waals surface area contributed by atoms with E-state index in [0.29, 0.717) is 0 Å². The Hall–Kier alpha value is -4.80. The van der Waals surface area contributed by atoms with Gasteiger partial charge in [-0.25, -0.2) is 9.97 Å². The van der Waals surface area contributed by atoms with Crippen LogP contribution >= 0.6 is 11.3 Å². The summed E-state index contributed by atoms with van der Waals surface area (Å²) in [6.45, 7) is 0. The summed E-state index contributed by atoms with van der Waals surface area (Å²) in [6.07, 6.45) is 0. The predicted molar refractivity (Wildman–Crippen MR) is 158 cm³/mol. The highest BCUT2D eigenvalue weighted by Gasteiger charge is 2.24. The summed E-state index contributed by atoms with van der Waals surface area (Å²) in [5.74, 6) is 2.56. The number of rotatable bonds is 2. The van der Waals surface area contributed by atoms with Gasteiger partial charge in [0.25, 0.3) is 0 Å². The van der Waals surface area contributed by atoms with E-state index in [0.717, 1.165) is 50.4 Å². The SMILES string of the molecule is c1ccc2cc(-c3nc(-c4ccc5c6c4sc4ccc7cccc(c7c46)O5)nc4ccccc34)ccc2c1. The van der Waals surface area contributed by atoms with Crippen LogP contribution < -0.4 is 4.74 Å². The van der Waals surface area contributed by atoms with Crippen LogP contribution in [0.2, 0.25) is 0 Å². The second kappa shape index (κ2) is 7.37. The van der Waals surface area contributed by atoms with Gasteiger partial charge in [0, 0.05) is 37.4 Å². The number of nitrogens with zero attached hydrogens (tertiary/aromatic N) is 2. The van der Waals surface area contributed by atoms with E-state index in [4.69, 9.17) is 14.7 Å². The average molecular weight is 503 g/mol. The normalized spacial score (nSPS) is 12.4. The molecule has 0 N–H and O–H groups in total. The lowest BCUT2D eigenvalue weighted by atomic mass is 9.98. The molecule has 0 radical (unpaired) electrons. The van der Waals surface area contributed by atoms with Crippen LogP contribution in [0.3, 0.4) is 0 Å². The molecule has 0 fully saturated rings. The zero-order valence-electron chi connectivity index (χ0n) is 20.1. The highest BCUT2D eigenvalue weighted by atomic mass is 32.1. The summed E-state index contributed by atoms with van der Waals surface area (Å²) in [5, 5.41) is 8.30. The zero-order valence-corrected chi connectivity index (χ0v) is 20.9. The molecule has 3 nitrogen and oxygen atoms in total. The Morgan fingerprint density at radius 1 is 0.579 bits per heavy atom. The van der Waals surface area contributed by atoms with Crippen LogP contribution in [-0.4, -0.2) is 9.97 Å². The third kappa shape index (κ3) is 2.72. The zero-order chi connectivity index (χ0) is 24.8. The lowest BCUT2D eigenvalue weighted by Gasteiger charge is -2.17. The Labute approximate surface area is 221 Å². The molecule has 38 heavy (non-hydrogen) atoms. The van der Waals surface area contributed by atoms with E-state index in [1.54, 1.807) is 11.3 Å². The summed E-state index contributed by atoms with van der Waals surface area (Å²) in [6, 6.07) is 38.2. The topological polar surface area (TPSA) is 35.0 Å². The van der Waals surface area contributed by atoms with Gasteiger partial charge in [-0.3, -0.25) is 0 Å². The molecule has 0 saturated carbocycles. The summed E-state index contributed by atoms with van der Waals surface area (Å²) in [7, 11) is 0. The Morgan fingerprint density at radius 3 is 2.37 bits per heavy atom. The first-order valence-corrected chi connectivity index (χ1v) is 13.5. The quantitative estimate of drug-likeness (QED) is 0.236. The highest BCUT2D eigenvalue weighted by Crippen LogP contribution is 2.52. The van der Waals surface area contributed by atoms with Crippen molar-refractivity contribution in [1.82, 2.24) is 9.97 Å². The largest absolute Gasteiger partial charge is 0.456 e. The van der Waals surface area contributed by atoms with Crippen LogP contribution in [-0.2, 0) is 0 Å². The third-order valence-corrected chi connectivity index (χ3v) is 8.83. The minimum atomic E-state index is 0.736. The molecule has 0 aliphatic carbocycles. The molecule has 0 atom stereocenters. The molecule has 1 aliphatic rings. The fourth-order valence-electron chi connectivity index (χ4n) is 5.90. The number of aromatic nitrogens is 2. The van der Waals surface area contributed by atoms with Gasteiger partial charge in [0.1, 0.15) is 11.5 Å². The van der Waals surface area contributed by atoms with Crippen molar-refractivity contribution in [2.75, 3.05) is 0 Å². The van der Waals surface area contributed by atoms with E-state index >= 15 is 0 Å². The van der Waals surface area contributed by atoms with Crippen LogP contribution in [0.5, 0.6) is 11.5 Å². The maximum absolute atomic E-state index is 6.40. The van der Waals surface area contributed by atoms with Crippen molar-refractivity contribution in [3.63, 3.8) is 0 Å². The Balaban J connectivity index is 1.36. The van der Waals surface area contributed by atoms with Crippen molar-refractivity contribution in [3.8, 4) is 34.1 Å². The van der Waals surface area contributed by atoms with E-state index in [9.17, 15) is 0 Å². The molecular formula is C34H18N2OS. The molecule has 2 aromatic heterocycles. The van der Waals surface area contributed by atoms with Crippen molar-refractivity contribution < 1.29 is 4.74 Å². The predicted octanol–water partition coefficient (Wildman–Crippen LogP) is 9.74. The first-order chi connectivity index (χ1) is 18.8. The van der Waals surface area contributed by atoms with Gasteiger partial charge < -0.3 is 4.74 Å². The number of ether oxygens (including phenoxy) is 1. The van der Waals surface area contributed by atoms with Gasteiger partial charge >= 0.3 is 0 Å². The lowest BCUT2D eigenvalue weighted by Crippen LogP contribution is -1.97. The van der Waals surface area contributed by atoms with Gasteiger partial charge in [-0.1, -0.05) is 72.8 Å². The second-order valence-corrected chi connectivity index (χ2v) is 10.8. The Bertz CT molecular complexity index is 2280. The smallest absolute Gasteiger partial charge is 0.161 e. The number of hydrogen-bond acceptors (Lipinski definition) is 4. The molecular weight excluding hydrogens is 484 g/mol. The summed E-state index contributed by atoms with van der Waals surface area (Å²) in [5.41, 5.74) is 4.02. The summed E-state index contributed by atoms with van der Waals surface area (Å²) < 4.78 is 8.83. The summed E-state index contributed by atoms with van der Waals surface area (Å²) >= 11 is 1.79. The van der Waals surface area contributed by atoms with Crippen molar-refractivity contribution in [2.45, 2.75) is 0 Å². The maximum atomic E-state index is 6.40. The van der Waals surface area contributed by atoms with E-state index in [1.807, 2.05) is 6.07 Å². The van der Waals surface area contributed by atoms with E-state index in [1.165, 1.54) is 36.3 Å². The molecule has 3 heterocycles. The van der Waals surface area contributed by atoms with E-state index in [2.05, 4.69) is 103 Å². The Kier molecular flexibility index (Phi) is 3.93. The van der Waals surface area contributed by atoms with Gasteiger partial charge in [-0.2, -0.15) is 0 Å². The molecule has 0 spiro atoms. The molecule has 8 aromatic rings. The fourth-order valence-corrected chi connectivity index (χ4v) is 7.13. The number of para-hydroxylation sites is 1. The molecule has 0 unspecified atom stereocenters. The lowest BCUT2D eigenvalue weighted by molar-refractivity contribution is 0.493. The summed E-state index contributed by atoms with van der Waals surface area (Å²) in [4.78, 5) is 10.3. The third-order valence-electron chi connectivity index (χ3n) is 7.64. The fraction of sp³-hybridized carbons (Fsp3) is 0. The minimum Gasteiger partial charge on any atom is -0.456 e. The molecule has 1 aliphatic heterocycles. The van der Waals surface area contributed by atoms with Gasteiger partial charge in [0.05, 0.1) is 15.9 Å². The van der Waals surface area contributed by atoms with Crippen LogP contribution in [0.25, 0.3) is 75.3 Å². The van der Waals surface area contributed by atoms with Crippen LogP contribution in [0.1, 0.15) is 0 Å². The van der Waals surface area contributed by atoms with Gasteiger partial charge in [0.15, 0.2) is 5.82 Å². The van der Waals surface area contributed by atoms with E-state index < -0.39 is 0 Å². The highest BCUT2D eigenvalue weighted by molar-refractivity contribution is 7.26. The standard InChI is InChI=1S/C34H18N2OS/c1-2-7-21-18-22(13-12-19(21)6-1)32-23-9-3-4-10-25(23)35-34(36-32)24-15-16-27-30-31-28(38-33(24)30)17-14-20-8-5-11-26(37-27)29(20)31/h1-18H. The number of benzene rings is 6. The van der Waals surface area contributed by atoms with Crippen LogP contribution in [0.15, 0.2) is 109 Å². The Morgan fingerprint density at radius 2 is 1.39 bits per heavy atom. The van der Waals surface area contributed by atoms with Crippen molar-refractivity contribution in [3.05, 3.63) is 109 Å². The number of fused-ring (bicyclic) bond motifs is 2. The molecule has 0 bridgehead atoms. The van der Waals surface area contributed by atoms with Crippen molar-refractivity contribution in [1.29, 1.82) is 0 Å². The number of thiophene rings is 1. The van der Waals surface area contributed by atoms with E-state index in [-0.39, 0.29) is 0 Å². The van der Waals surface area contributed by atoms with Crippen molar-refractivity contribution >= 4 is 64.0 Å². The maximum Gasteiger partial charge on any atom is 0.161 e. The minimum absolute atomic E-state index is 0.736. The molecule has 0 saturated heterocycles.